The Kier molecular flexibility index (Phi) is 4.90. The molecule has 0 aliphatic carbocycles. The maximum Gasteiger partial charge on any atom is 0.276 e. The number of H-pyrrole nitrogens is 1. The zero-order valence-electron chi connectivity index (χ0n) is 15.9. The number of aromatic nitrogens is 4. The molecule has 0 spiro atoms. The molecule has 0 fully saturated rings. The first-order valence-electron chi connectivity index (χ1n) is 9.08. The predicted octanol–water partition coefficient (Wildman–Crippen LogP) is 3.41. The molecular formula is C21H22N6O. The Morgan fingerprint density at radius 2 is 1.89 bits per heavy atom. The van der Waals surface area contributed by atoms with Gasteiger partial charge in [0.1, 0.15) is 0 Å². The summed E-state index contributed by atoms with van der Waals surface area (Å²) in [6.45, 7) is 3.07. The zero-order valence-corrected chi connectivity index (χ0v) is 15.9. The van der Waals surface area contributed by atoms with Gasteiger partial charge in [0.05, 0.1) is 12.6 Å². The van der Waals surface area contributed by atoms with Crippen molar-refractivity contribution in [1.82, 2.24) is 20.2 Å². The maximum absolute atomic E-state index is 5.88. The van der Waals surface area contributed by atoms with Gasteiger partial charge in [-0.15, -0.1) is 10.2 Å². The van der Waals surface area contributed by atoms with Crippen LogP contribution in [0.4, 0.5) is 5.82 Å². The molecule has 0 amide bonds. The molecule has 0 saturated carbocycles. The zero-order chi connectivity index (χ0) is 19.5. The number of aryl methyl sites for hydroxylation is 1. The number of hydrogen-bond acceptors (Lipinski definition) is 6. The summed E-state index contributed by atoms with van der Waals surface area (Å²) in [7, 11) is 1.56. The minimum atomic E-state index is 0.361. The van der Waals surface area contributed by atoms with Gasteiger partial charge in [0, 0.05) is 29.7 Å². The monoisotopic (exact) mass is 374 g/mol. The van der Waals surface area contributed by atoms with E-state index in [1.165, 1.54) is 0 Å². The van der Waals surface area contributed by atoms with Crippen molar-refractivity contribution in [1.29, 1.82) is 0 Å². The molecule has 0 aliphatic rings. The summed E-state index contributed by atoms with van der Waals surface area (Å²) in [5, 5.41) is 12.9. The van der Waals surface area contributed by atoms with Crippen LogP contribution >= 0.6 is 0 Å². The standard InChI is InChI=1S/C21H22N6O/c1-13-17(16-10-6-9-15(11-22)18(16)24-13)19-25-20(21(28-2)27-26-19)23-12-14-7-4-3-5-8-14/h3-10,24H,11-12,22H2,1-2H3,(H,23,25,26). The van der Waals surface area contributed by atoms with E-state index in [2.05, 4.69) is 20.5 Å². The van der Waals surface area contributed by atoms with Crippen molar-refractivity contribution < 1.29 is 4.74 Å². The van der Waals surface area contributed by atoms with E-state index in [4.69, 9.17) is 15.5 Å². The largest absolute Gasteiger partial charge is 0.477 e. The van der Waals surface area contributed by atoms with Gasteiger partial charge in [-0.3, -0.25) is 0 Å². The van der Waals surface area contributed by atoms with Crippen molar-refractivity contribution >= 4 is 16.7 Å². The number of ether oxygens (including phenoxy) is 1. The van der Waals surface area contributed by atoms with Gasteiger partial charge in [-0.05, 0) is 18.1 Å². The van der Waals surface area contributed by atoms with Crippen LogP contribution in [0.1, 0.15) is 16.8 Å². The number of hydrogen-bond donors (Lipinski definition) is 3. The third-order valence-corrected chi connectivity index (χ3v) is 4.70. The van der Waals surface area contributed by atoms with E-state index in [-0.39, 0.29) is 0 Å². The molecule has 4 rings (SSSR count). The van der Waals surface area contributed by atoms with Crippen molar-refractivity contribution in [2.45, 2.75) is 20.0 Å². The number of aromatic amines is 1. The molecule has 0 saturated heterocycles. The molecule has 28 heavy (non-hydrogen) atoms. The van der Waals surface area contributed by atoms with Crippen LogP contribution < -0.4 is 15.8 Å². The molecule has 0 atom stereocenters. The second-order valence-electron chi connectivity index (χ2n) is 6.50. The highest BCUT2D eigenvalue weighted by molar-refractivity contribution is 5.97. The molecule has 0 radical (unpaired) electrons. The van der Waals surface area contributed by atoms with Crippen LogP contribution in [0.5, 0.6) is 5.88 Å². The Labute approximate surface area is 163 Å². The first kappa shape index (κ1) is 17.9. The van der Waals surface area contributed by atoms with E-state index in [9.17, 15) is 0 Å². The van der Waals surface area contributed by atoms with Crippen LogP contribution in [-0.2, 0) is 13.1 Å². The molecular weight excluding hydrogens is 352 g/mol. The lowest BCUT2D eigenvalue weighted by molar-refractivity contribution is 0.391. The smallest absolute Gasteiger partial charge is 0.276 e. The predicted molar refractivity (Wildman–Crippen MR) is 110 cm³/mol. The molecule has 2 aromatic carbocycles. The van der Waals surface area contributed by atoms with Gasteiger partial charge >= 0.3 is 0 Å². The lowest BCUT2D eigenvalue weighted by atomic mass is 10.1. The molecule has 142 valence electrons. The van der Waals surface area contributed by atoms with Gasteiger partial charge < -0.3 is 20.8 Å². The number of nitrogens with zero attached hydrogens (tertiary/aromatic N) is 3. The molecule has 2 aromatic heterocycles. The molecule has 0 bridgehead atoms. The quantitative estimate of drug-likeness (QED) is 0.478. The fraction of sp³-hybridized carbons (Fsp3) is 0.190. The van der Waals surface area contributed by atoms with Crippen molar-refractivity contribution in [3.05, 3.63) is 65.4 Å². The number of nitrogens with two attached hydrogens (primary N) is 1. The summed E-state index contributed by atoms with van der Waals surface area (Å²) in [6.07, 6.45) is 0. The second-order valence-corrected chi connectivity index (χ2v) is 6.50. The number of nitrogens with one attached hydrogen (secondary N) is 2. The van der Waals surface area contributed by atoms with Crippen molar-refractivity contribution in [2.24, 2.45) is 5.73 Å². The van der Waals surface area contributed by atoms with Gasteiger partial charge in [0.25, 0.3) is 5.88 Å². The Morgan fingerprint density at radius 1 is 1.07 bits per heavy atom. The molecule has 0 unspecified atom stereocenters. The van der Waals surface area contributed by atoms with Crippen molar-refractivity contribution in [3.63, 3.8) is 0 Å². The van der Waals surface area contributed by atoms with Gasteiger partial charge in [-0.25, -0.2) is 4.98 Å². The lowest BCUT2D eigenvalue weighted by Gasteiger charge is -2.10. The van der Waals surface area contributed by atoms with Crippen LogP contribution in [0.25, 0.3) is 22.3 Å². The van der Waals surface area contributed by atoms with Gasteiger partial charge in [-0.1, -0.05) is 48.5 Å². The van der Waals surface area contributed by atoms with Crippen molar-refractivity contribution in [2.75, 3.05) is 12.4 Å². The SMILES string of the molecule is COc1nnc(-c2c(C)[nH]c3c(CN)cccc23)nc1NCc1ccccc1. The molecule has 0 aliphatic heterocycles. The molecule has 7 heteroatoms. The number of para-hydroxylation sites is 1. The van der Waals surface area contributed by atoms with E-state index in [0.29, 0.717) is 30.6 Å². The molecule has 2 heterocycles. The minimum absolute atomic E-state index is 0.361. The van der Waals surface area contributed by atoms with Gasteiger partial charge in [0.15, 0.2) is 11.6 Å². The van der Waals surface area contributed by atoms with E-state index < -0.39 is 0 Å². The Bertz CT molecular complexity index is 1110. The number of benzene rings is 2. The van der Waals surface area contributed by atoms with Crippen molar-refractivity contribution in [3.8, 4) is 17.3 Å². The Morgan fingerprint density at radius 3 is 2.64 bits per heavy atom. The number of methoxy groups -OCH3 is 1. The average Bonchev–Trinajstić information content (AvgIpc) is 3.08. The maximum atomic E-state index is 5.88. The summed E-state index contributed by atoms with van der Waals surface area (Å²) in [4.78, 5) is 8.12. The summed E-state index contributed by atoms with van der Waals surface area (Å²) >= 11 is 0. The Balaban J connectivity index is 1.75. The minimum Gasteiger partial charge on any atom is -0.477 e. The van der Waals surface area contributed by atoms with Crippen LogP contribution in [0.2, 0.25) is 0 Å². The van der Waals surface area contributed by atoms with E-state index >= 15 is 0 Å². The lowest BCUT2D eigenvalue weighted by Crippen LogP contribution is -2.07. The number of anilines is 1. The summed E-state index contributed by atoms with van der Waals surface area (Å²) in [5.41, 5.74) is 11.0. The van der Waals surface area contributed by atoms with E-state index in [1.807, 2.05) is 55.5 Å². The van der Waals surface area contributed by atoms with Gasteiger partial charge in [0.2, 0.25) is 0 Å². The third kappa shape index (κ3) is 3.27. The van der Waals surface area contributed by atoms with E-state index in [1.54, 1.807) is 7.11 Å². The first-order chi connectivity index (χ1) is 13.7. The van der Waals surface area contributed by atoms with Crippen LogP contribution in [0.3, 0.4) is 0 Å². The number of fused-ring (bicyclic) bond motifs is 1. The second kappa shape index (κ2) is 7.66. The molecule has 4 aromatic rings. The summed E-state index contributed by atoms with van der Waals surface area (Å²) in [6, 6.07) is 16.1. The third-order valence-electron chi connectivity index (χ3n) is 4.70. The average molecular weight is 374 g/mol. The van der Waals surface area contributed by atoms with Gasteiger partial charge in [-0.2, -0.15) is 0 Å². The summed E-state index contributed by atoms with van der Waals surface area (Å²) < 4.78 is 5.34. The highest BCUT2D eigenvalue weighted by Gasteiger charge is 2.18. The fourth-order valence-corrected chi connectivity index (χ4v) is 3.32. The van der Waals surface area contributed by atoms with Crippen LogP contribution in [0.15, 0.2) is 48.5 Å². The fourth-order valence-electron chi connectivity index (χ4n) is 3.32. The summed E-state index contributed by atoms with van der Waals surface area (Å²) in [5.74, 6) is 1.45. The Hall–Kier alpha value is -3.45. The number of rotatable bonds is 6. The van der Waals surface area contributed by atoms with E-state index in [0.717, 1.165) is 33.3 Å². The molecule has 7 nitrogen and oxygen atoms in total. The van der Waals surface area contributed by atoms with Crippen LogP contribution in [0, 0.1) is 6.92 Å². The highest BCUT2D eigenvalue weighted by atomic mass is 16.5. The normalized spacial score (nSPS) is 11.0. The topological polar surface area (TPSA) is 102 Å². The highest BCUT2D eigenvalue weighted by Crippen LogP contribution is 2.33. The van der Waals surface area contributed by atoms with Crippen LogP contribution in [-0.4, -0.2) is 27.3 Å². The first-order valence-corrected chi connectivity index (χ1v) is 9.08. The molecule has 4 N–H and O–H groups in total.